The zero-order valence-electron chi connectivity index (χ0n) is 25.8. The van der Waals surface area contributed by atoms with Gasteiger partial charge in [0.1, 0.15) is 0 Å². The Hall–Kier alpha value is -2.44. The van der Waals surface area contributed by atoms with Crippen molar-refractivity contribution in [1.82, 2.24) is 4.98 Å². The minimum atomic E-state index is -0.471. The number of rotatable bonds is 6. The van der Waals surface area contributed by atoms with Gasteiger partial charge in [-0.15, -0.1) is 0 Å². The molecular weight excluding hydrogens is 496 g/mol. The molecule has 40 heavy (non-hydrogen) atoms. The van der Waals surface area contributed by atoms with E-state index in [1.807, 2.05) is 24.4 Å². The van der Waals surface area contributed by atoms with Crippen LogP contribution < -0.4 is 10.9 Å². The van der Waals surface area contributed by atoms with Crippen LogP contribution in [0.1, 0.15) is 80.4 Å². The molecule has 2 aliphatic rings. The number of pyridine rings is 1. The van der Waals surface area contributed by atoms with E-state index < -0.39 is 36.6 Å². The Bertz CT molecular complexity index is 1280. The largest absolute Gasteiger partial charge is 0.494 e. The summed E-state index contributed by atoms with van der Waals surface area (Å²) in [6.07, 6.45) is 2.81. The van der Waals surface area contributed by atoms with Gasteiger partial charge in [0.05, 0.1) is 28.1 Å². The molecule has 0 bridgehead atoms. The van der Waals surface area contributed by atoms with Crippen LogP contribution in [0.4, 0.5) is 0 Å². The molecule has 2 aromatic carbocycles. The van der Waals surface area contributed by atoms with Gasteiger partial charge in [-0.2, -0.15) is 0 Å². The molecule has 0 saturated carbocycles. The lowest BCUT2D eigenvalue weighted by molar-refractivity contribution is 0.00578. The Kier molecular flexibility index (Phi) is 7.15. The van der Waals surface area contributed by atoms with Gasteiger partial charge in [-0.1, -0.05) is 68.4 Å². The van der Waals surface area contributed by atoms with Gasteiger partial charge in [0.2, 0.25) is 0 Å². The summed E-state index contributed by atoms with van der Waals surface area (Å²) in [6, 6.07) is 21.1. The summed E-state index contributed by atoms with van der Waals surface area (Å²) in [5.41, 5.74) is 4.55. The second-order valence-corrected chi connectivity index (χ2v) is 14.0. The third-order valence-electron chi connectivity index (χ3n) is 9.35. The van der Waals surface area contributed by atoms with Crippen LogP contribution in [0.15, 0.2) is 66.9 Å². The van der Waals surface area contributed by atoms with E-state index in [9.17, 15) is 0 Å². The summed E-state index contributed by atoms with van der Waals surface area (Å²) in [5.74, 6) is 0. The van der Waals surface area contributed by atoms with E-state index in [-0.39, 0.29) is 5.41 Å². The molecular formula is C33H43B2NO4. The molecule has 3 heterocycles. The van der Waals surface area contributed by atoms with Crippen molar-refractivity contribution in [3.05, 3.63) is 78.0 Å². The van der Waals surface area contributed by atoms with Crippen LogP contribution >= 0.6 is 0 Å². The second kappa shape index (κ2) is 9.84. The molecule has 2 fully saturated rings. The van der Waals surface area contributed by atoms with Crippen LogP contribution in [-0.4, -0.2) is 41.6 Å². The van der Waals surface area contributed by atoms with Crippen molar-refractivity contribution in [3.8, 4) is 11.3 Å². The Morgan fingerprint density at radius 3 is 1.55 bits per heavy atom. The molecule has 0 radical (unpaired) electrons. The van der Waals surface area contributed by atoms with Gasteiger partial charge in [0, 0.05) is 11.8 Å². The van der Waals surface area contributed by atoms with Crippen LogP contribution in [-0.2, 0) is 30.5 Å². The van der Waals surface area contributed by atoms with Crippen molar-refractivity contribution < 1.29 is 18.6 Å². The first-order chi connectivity index (χ1) is 18.5. The molecule has 2 aliphatic heterocycles. The Morgan fingerprint density at radius 1 is 0.650 bits per heavy atom. The molecule has 0 atom stereocenters. The standard InChI is InChI=1S/C33H43B2NO4/c1-29(2,25-16-17-28(36-22-25)24-14-12-11-13-15-24)21-23-18-26(34-37-30(3,4)31(5,6)38-34)20-27(19-23)35-39-32(7,8)33(9,10)40-35/h11-20,22H,21H2,1-10H3. The quantitative estimate of drug-likeness (QED) is 0.367. The zero-order chi connectivity index (χ0) is 29.1. The molecule has 0 unspecified atom stereocenters. The average Bonchev–Trinajstić information content (AvgIpc) is 3.23. The number of hydrogen-bond donors (Lipinski definition) is 0. The summed E-state index contributed by atoms with van der Waals surface area (Å²) in [4.78, 5) is 4.80. The maximum atomic E-state index is 6.46. The Morgan fingerprint density at radius 2 is 1.12 bits per heavy atom. The highest BCUT2D eigenvalue weighted by atomic mass is 16.7. The van der Waals surface area contributed by atoms with Gasteiger partial charge in [-0.3, -0.25) is 4.98 Å². The fourth-order valence-corrected chi connectivity index (χ4v) is 5.26. The first kappa shape index (κ1) is 29.1. The van der Waals surface area contributed by atoms with Crippen molar-refractivity contribution in [1.29, 1.82) is 0 Å². The molecule has 2 saturated heterocycles. The SMILES string of the molecule is CC(C)(Cc1cc(B2OC(C)(C)C(C)(C)O2)cc(B2OC(C)(C)C(C)(C)O2)c1)c1ccc(-c2ccccc2)nc1. The topological polar surface area (TPSA) is 49.8 Å². The molecule has 1 aromatic heterocycles. The highest BCUT2D eigenvalue weighted by Crippen LogP contribution is 2.38. The minimum Gasteiger partial charge on any atom is -0.399 e. The monoisotopic (exact) mass is 539 g/mol. The molecule has 3 aromatic rings. The summed E-state index contributed by atoms with van der Waals surface area (Å²) >= 11 is 0. The van der Waals surface area contributed by atoms with E-state index >= 15 is 0 Å². The number of nitrogens with zero attached hydrogens (tertiary/aromatic N) is 1. The van der Waals surface area contributed by atoms with E-state index in [0.29, 0.717) is 0 Å². The first-order valence-electron chi connectivity index (χ1n) is 14.4. The van der Waals surface area contributed by atoms with Gasteiger partial charge in [-0.25, -0.2) is 0 Å². The van der Waals surface area contributed by atoms with Gasteiger partial charge in [0.15, 0.2) is 0 Å². The lowest BCUT2D eigenvalue weighted by Crippen LogP contribution is -2.42. The Labute approximate surface area is 241 Å². The third kappa shape index (κ3) is 5.42. The lowest BCUT2D eigenvalue weighted by atomic mass is 9.69. The van der Waals surface area contributed by atoms with E-state index in [1.165, 1.54) is 11.1 Å². The predicted molar refractivity (Wildman–Crippen MR) is 164 cm³/mol. The van der Waals surface area contributed by atoms with E-state index in [0.717, 1.165) is 28.6 Å². The average molecular weight is 539 g/mol. The molecule has 0 amide bonds. The molecule has 7 heteroatoms. The number of benzene rings is 2. The smallest absolute Gasteiger partial charge is 0.399 e. The van der Waals surface area contributed by atoms with Gasteiger partial charge in [-0.05, 0) is 95.3 Å². The van der Waals surface area contributed by atoms with Crippen molar-refractivity contribution in [3.63, 3.8) is 0 Å². The highest BCUT2D eigenvalue weighted by molar-refractivity contribution is 6.66. The predicted octanol–water partition coefficient (Wildman–Crippen LogP) is 5.87. The van der Waals surface area contributed by atoms with Crippen molar-refractivity contribution in [2.45, 2.75) is 103 Å². The van der Waals surface area contributed by atoms with Gasteiger partial charge >= 0.3 is 14.2 Å². The molecule has 0 aliphatic carbocycles. The summed E-state index contributed by atoms with van der Waals surface area (Å²) < 4.78 is 25.8. The highest BCUT2D eigenvalue weighted by Gasteiger charge is 2.54. The van der Waals surface area contributed by atoms with Crippen molar-refractivity contribution in [2.75, 3.05) is 0 Å². The second-order valence-electron chi connectivity index (χ2n) is 14.0. The maximum Gasteiger partial charge on any atom is 0.494 e. The summed E-state index contributed by atoms with van der Waals surface area (Å²) in [6.45, 7) is 21.2. The Balaban J connectivity index is 1.48. The normalized spacial score (nSPS) is 21.1. The maximum absolute atomic E-state index is 6.46. The van der Waals surface area contributed by atoms with E-state index in [2.05, 4.69) is 112 Å². The molecule has 5 nitrogen and oxygen atoms in total. The van der Waals surface area contributed by atoms with Crippen LogP contribution in [0, 0.1) is 0 Å². The van der Waals surface area contributed by atoms with E-state index in [1.54, 1.807) is 0 Å². The number of aromatic nitrogens is 1. The van der Waals surface area contributed by atoms with E-state index in [4.69, 9.17) is 23.6 Å². The van der Waals surface area contributed by atoms with Crippen LogP contribution in [0.5, 0.6) is 0 Å². The molecule has 210 valence electrons. The zero-order valence-corrected chi connectivity index (χ0v) is 25.8. The molecule has 5 rings (SSSR count). The van der Waals surface area contributed by atoms with Crippen molar-refractivity contribution in [2.24, 2.45) is 0 Å². The first-order valence-corrected chi connectivity index (χ1v) is 14.4. The van der Waals surface area contributed by atoms with Gasteiger partial charge < -0.3 is 18.6 Å². The molecule has 0 N–H and O–H groups in total. The third-order valence-corrected chi connectivity index (χ3v) is 9.35. The summed E-state index contributed by atoms with van der Waals surface area (Å²) in [7, 11) is -0.942. The summed E-state index contributed by atoms with van der Waals surface area (Å²) in [5, 5.41) is 0. The minimum absolute atomic E-state index is 0.163. The van der Waals surface area contributed by atoms with Crippen LogP contribution in [0.3, 0.4) is 0 Å². The fourth-order valence-electron chi connectivity index (χ4n) is 5.26. The fraction of sp³-hybridized carbons (Fsp3) is 0.485. The van der Waals surface area contributed by atoms with Crippen molar-refractivity contribution >= 4 is 25.2 Å². The van der Waals surface area contributed by atoms with Gasteiger partial charge in [0.25, 0.3) is 0 Å². The van der Waals surface area contributed by atoms with Crippen LogP contribution in [0.25, 0.3) is 11.3 Å². The van der Waals surface area contributed by atoms with Crippen LogP contribution in [0.2, 0.25) is 0 Å². The lowest BCUT2D eigenvalue weighted by Gasteiger charge is -2.32. The number of hydrogen-bond acceptors (Lipinski definition) is 5. The molecule has 0 spiro atoms.